The molecule has 1 atom stereocenters. The molecule has 3 heteroatoms. The molecule has 2 nitrogen and oxygen atoms in total. The molecule has 1 N–H and O–H groups in total. The minimum atomic E-state index is 0.463. The normalized spacial score (nSPS) is 16.6. The number of aryl methyl sites for hydroxylation is 1. The third kappa shape index (κ3) is 4.57. The topological polar surface area (TPSA) is 15.3 Å². The van der Waals surface area contributed by atoms with Gasteiger partial charge in [0.2, 0.25) is 0 Å². The summed E-state index contributed by atoms with van der Waals surface area (Å²) in [5.41, 5.74) is 4.02. The summed E-state index contributed by atoms with van der Waals surface area (Å²) >= 11 is 5.95. The summed E-state index contributed by atoms with van der Waals surface area (Å²) in [5, 5.41) is 4.42. The molecule has 0 radical (unpaired) electrons. The summed E-state index contributed by atoms with van der Waals surface area (Å²) in [7, 11) is 0. The van der Waals surface area contributed by atoms with Crippen molar-refractivity contribution in [3.63, 3.8) is 0 Å². The molecule has 0 spiro atoms. The van der Waals surface area contributed by atoms with Crippen LogP contribution in [0.4, 0.5) is 0 Å². The Morgan fingerprint density at radius 3 is 2.30 bits per heavy atom. The molecule has 122 valence electrons. The standard InChI is InChI=1S/C20H25ClN2/c1-16-4-8-18(9-5-16)20(23-12-2-3-13-23)15-22-14-17-6-10-19(21)11-7-17/h4-11,20,22H,2-3,12-15H2,1H3. The van der Waals surface area contributed by atoms with E-state index in [4.69, 9.17) is 11.6 Å². The molecule has 0 bridgehead atoms. The number of nitrogens with one attached hydrogen (secondary N) is 1. The number of benzene rings is 2. The molecule has 3 rings (SSSR count). The quantitative estimate of drug-likeness (QED) is 0.835. The van der Waals surface area contributed by atoms with E-state index in [1.54, 1.807) is 0 Å². The van der Waals surface area contributed by atoms with Gasteiger partial charge >= 0.3 is 0 Å². The van der Waals surface area contributed by atoms with Crippen molar-refractivity contribution in [3.8, 4) is 0 Å². The highest BCUT2D eigenvalue weighted by Crippen LogP contribution is 2.25. The van der Waals surface area contributed by atoms with Crippen molar-refractivity contribution in [3.05, 3.63) is 70.2 Å². The summed E-state index contributed by atoms with van der Waals surface area (Å²) < 4.78 is 0. The Balaban J connectivity index is 1.63. The average molecular weight is 329 g/mol. The van der Waals surface area contributed by atoms with Gasteiger partial charge in [-0.15, -0.1) is 0 Å². The van der Waals surface area contributed by atoms with Gasteiger partial charge in [0.15, 0.2) is 0 Å². The molecule has 1 heterocycles. The lowest BCUT2D eigenvalue weighted by Crippen LogP contribution is -2.34. The van der Waals surface area contributed by atoms with E-state index in [0.717, 1.165) is 18.1 Å². The average Bonchev–Trinajstić information content (AvgIpc) is 3.09. The van der Waals surface area contributed by atoms with Crippen LogP contribution in [0.15, 0.2) is 48.5 Å². The molecule has 0 aliphatic carbocycles. The van der Waals surface area contributed by atoms with Crippen LogP contribution in [0.5, 0.6) is 0 Å². The van der Waals surface area contributed by atoms with Crippen molar-refractivity contribution < 1.29 is 0 Å². The summed E-state index contributed by atoms with van der Waals surface area (Å²) in [6.45, 7) is 6.43. The zero-order chi connectivity index (χ0) is 16.1. The van der Waals surface area contributed by atoms with Crippen LogP contribution in [0.2, 0.25) is 5.02 Å². The van der Waals surface area contributed by atoms with Crippen molar-refractivity contribution in [1.82, 2.24) is 10.2 Å². The second-order valence-corrected chi connectivity index (χ2v) is 6.86. The van der Waals surface area contributed by atoms with E-state index in [2.05, 4.69) is 53.5 Å². The van der Waals surface area contributed by atoms with Gasteiger partial charge in [-0.2, -0.15) is 0 Å². The first-order chi connectivity index (χ1) is 11.2. The second kappa shape index (κ2) is 7.96. The van der Waals surface area contributed by atoms with Crippen LogP contribution < -0.4 is 5.32 Å². The number of hydrogen-bond donors (Lipinski definition) is 1. The van der Waals surface area contributed by atoms with Crippen molar-refractivity contribution in [1.29, 1.82) is 0 Å². The molecular weight excluding hydrogens is 304 g/mol. The van der Waals surface area contributed by atoms with Crippen molar-refractivity contribution in [2.24, 2.45) is 0 Å². The van der Waals surface area contributed by atoms with Gasteiger partial charge in [-0.05, 0) is 56.1 Å². The summed E-state index contributed by atoms with van der Waals surface area (Å²) in [6.07, 6.45) is 2.64. The third-order valence-corrected chi connectivity index (χ3v) is 4.88. The Hall–Kier alpha value is -1.35. The number of halogens is 1. The van der Waals surface area contributed by atoms with Crippen LogP contribution in [0.1, 0.15) is 35.6 Å². The highest BCUT2D eigenvalue weighted by atomic mass is 35.5. The third-order valence-electron chi connectivity index (χ3n) is 4.62. The van der Waals surface area contributed by atoms with Gasteiger partial charge in [-0.1, -0.05) is 53.6 Å². The lowest BCUT2D eigenvalue weighted by atomic mass is 10.0. The maximum atomic E-state index is 5.95. The van der Waals surface area contributed by atoms with Crippen LogP contribution in [0.3, 0.4) is 0 Å². The van der Waals surface area contributed by atoms with Gasteiger partial charge in [0.1, 0.15) is 0 Å². The SMILES string of the molecule is Cc1ccc(C(CNCc2ccc(Cl)cc2)N2CCCC2)cc1. The van der Waals surface area contributed by atoms with Gasteiger partial charge in [-0.3, -0.25) is 4.90 Å². The van der Waals surface area contributed by atoms with Gasteiger partial charge in [0.05, 0.1) is 0 Å². The molecule has 23 heavy (non-hydrogen) atoms. The van der Waals surface area contributed by atoms with Crippen molar-refractivity contribution in [2.45, 2.75) is 32.4 Å². The predicted octanol–water partition coefficient (Wildman–Crippen LogP) is 4.58. The lowest BCUT2D eigenvalue weighted by Gasteiger charge is -2.28. The highest BCUT2D eigenvalue weighted by Gasteiger charge is 2.22. The molecule has 1 fully saturated rings. The fourth-order valence-electron chi connectivity index (χ4n) is 3.26. The Kier molecular flexibility index (Phi) is 5.71. The van der Waals surface area contributed by atoms with E-state index in [1.165, 1.54) is 42.6 Å². The van der Waals surface area contributed by atoms with Crippen molar-refractivity contribution >= 4 is 11.6 Å². The van der Waals surface area contributed by atoms with E-state index in [1.807, 2.05) is 12.1 Å². The first-order valence-electron chi connectivity index (χ1n) is 8.48. The zero-order valence-electron chi connectivity index (χ0n) is 13.8. The minimum absolute atomic E-state index is 0.463. The Morgan fingerprint density at radius 1 is 1.00 bits per heavy atom. The maximum absolute atomic E-state index is 5.95. The van der Waals surface area contributed by atoms with Crippen LogP contribution in [0, 0.1) is 6.92 Å². The molecule has 2 aromatic rings. The number of rotatable bonds is 6. The van der Waals surface area contributed by atoms with Gasteiger partial charge in [-0.25, -0.2) is 0 Å². The van der Waals surface area contributed by atoms with Crippen LogP contribution >= 0.6 is 11.6 Å². The first kappa shape index (κ1) is 16.5. The summed E-state index contributed by atoms with van der Waals surface area (Å²) in [6, 6.07) is 17.6. The van der Waals surface area contributed by atoms with E-state index in [0.29, 0.717) is 6.04 Å². The largest absolute Gasteiger partial charge is 0.311 e. The number of hydrogen-bond acceptors (Lipinski definition) is 2. The molecule has 0 aromatic heterocycles. The molecule has 0 amide bonds. The van der Waals surface area contributed by atoms with Gasteiger partial charge in [0.25, 0.3) is 0 Å². The molecule has 1 saturated heterocycles. The van der Waals surface area contributed by atoms with E-state index >= 15 is 0 Å². The number of likely N-dealkylation sites (tertiary alicyclic amines) is 1. The molecule has 1 unspecified atom stereocenters. The monoisotopic (exact) mass is 328 g/mol. The highest BCUT2D eigenvalue weighted by molar-refractivity contribution is 6.30. The Bertz CT molecular complexity index is 601. The van der Waals surface area contributed by atoms with Crippen LogP contribution in [0.25, 0.3) is 0 Å². The fraction of sp³-hybridized carbons (Fsp3) is 0.400. The molecule has 1 aliphatic heterocycles. The van der Waals surface area contributed by atoms with Crippen LogP contribution in [-0.2, 0) is 6.54 Å². The molecule has 1 aliphatic rings. The molecule has 0 saturated carbocycles. The Morgan fingerprint density at radius 2 is 1.65 bits per heavy atom. The van der Waals surface area contributed by atoms with Crippen molar-refractivity contribution in [2.75, 3.05) is 19.6 Å². The van der Waals surface area contributed by atoms with Gasteiger partial charge < -0.3 is 5.32 Å². The first-order valence-corrected chi connectivity index (χ1v) is 8.86. The van der Waals surface area contributed by atoms with Crippen LogP contribution in [-0.4, -0.2) is 24.5 Å². The lowest BCUT2D eigenvalue weighted by molar-refractivity contribution is 0.238. The van der Waals surface area contributed by atoms with E-state index in [-0.39, 0.29) is 0 Å². The van der Waals surface area contributed by atoms with Gasteiger partial charge in [0, 0.05) is 24.2 Å². The Labute approximate surface area is 144 Å². The molecular formula is C20H25ClN2. The zero-order valence-corrected chi connectivity index (χ0v) is 14.5. The maximum Gasteiger partial charge on any atom is 0.0472 e. The fourth-order valence-corrected chi connectivity index (χ4v) is 3.38. The summed E-state index contributed by atoms with van der Waals surface area (Å²) in [5.74, 6) is 0. The number of nitrogens with zero attached hydrogens (tertiary/aromatic N) is 1. The second-order valence-electron chi connectivity index (χ2n) is 6.43. The summed E-state index contributed by atoms with van der Waals surface area (Å²) in [4.78, 5) is 2.61. The smallest absolute Gasteiger partial charge is 0.0472 e. The predicted molar refractivity (Wildman–Crippen MR) is 97.9 cm³/mol. The molecule has 2 aromatic carbocycles. The van der Waals surface area contributed by atoms with E-state index in [9.17, 15) is 0 Å². The minimum Gasteiger partial charge on any atom is -0.311 e. The van der Waals surface area contributed by atoms with E-state index < -0.39 is 0 Å².